The molecule has 94 valence electrons. The van der Waals surface area contributed by atoms with E-state index in [0.717, 1.165) is 18.6 Å². The van der Waals surface area contributed by atoms with Crippen molar-refractivity contribution in [3.05, 3.63) is 31.5 Å². The van der Waals surface area contributed by atoms with Crippen molar-refractivity contribution in [3.63, 3.8) is 0 Å². The molecule has 0 spiro atoms. The van der Waals surface area contributed by atoms with Crippen LogP contribution in [-0.4, -0.2) is 15.3 Å². The zero-order chi connectivity index (χ0) is 12.5. The SMILES string of the molecule is O=c1[nH]c(=O)n(CC2(CS)CCCC2)cc1Br. The van der Waals surface area contributed by atoms with Crippen molar-refractivity contribution in [2.45, 2.75) is 32.2 Å². The second-order valence-electron chi connectivity index (χ2n) is 4.73. The van der Waals surface area contributed by atoms with E-state index in [1.165, 1.54) is 12.8 Å². The average molecular weight is 319 g/mol. The van der Waals surface area contributed by atoms with E-state index in [1.807, 2.05) is 0 Å². The van der Waals surface area contributed by atoms with E-state index in [0.29, 0.717) is 11.0 Å². The molecule has 0 amide bonds. The Morgan fingerprint density at radius 3 is 2.65 bits per heavy atom. The van der Waals surface area contributed by atoms with Crippen LogP contribution in [0.3, 0.4) is 0 Å². The number of halogens is 1. The van der Waals surface area contributed by atoms with Gasteiger partial charge in [-0.2, -0.15) is 12.6 Å². The molecule has 1 aromatic rings. The predicted molar refractivity (Wildman–Crippen MR) is 73.8 cm³/mol. The van der Waals surface area contributed by atoms with E-state index in [-0.39, 0.29) is 16.7 Å². The lowest BCUT2D eigenvalue weighted by Gasteiger charge is -2.27. The molecule has 0 aromatic carbocycles. The van der Waals surface area contributed by atoms with E-state index in [9.17, 15) is 9.59 Å². The molecule has 1 aliphatic rings. The summed E-state index contributed by atoms with van der Waals surface area (Å²) >= 11 is 7.56. The molecular weight excluding hydrogens is 304 g/mol. The molecule has 0 unspecified atom stereocenters. The quantitative estimate of drug-likeness (QED) is 0.835. The van der Waals surface area contributed by atoms with Gasteiger partial charge in [-0.3, -0.25) is 14.3 Å². The van der Waals surface area contributed by atoms with Crippen LogP contribution < -0.4 is 11.2 Å². The van der Waals surface area contributed by atoms with Crippen LogP contribution in [0.2, 0.25) is 0 Å². The van der Waals surface area contributed by atoms with Gasteiger partial charge >= 0.3 is 5.69 Å². The number of H-pyrrole nitrogens is 1. The first-order chi connectivity index (χ1) is 8.06. The summed E-state index contributed by atoms with van der Waals surface area (Å²) in [4.78, 5) is 25.2. The lowest BCUT2D eigenvalue weighted by atomic mass is 9.88. The van der Waals surface area contributed by atoms with Crippen molar-refractivity contribution in [1.29, 1.82) is 0 Å². The minimum absolute atomic E-state index is 0.102. The number of thiol groups is 1. The Morgan fingerprint density at radius 2 is 2.06 bits per heavy atom. The highest BCUT2D eigenvalue weighted by Gasteiger charge is 2.33. The summed E-state index contributed by atoms with van der Waals surface area (Å²) in [5, 5.41) is 0. The van der Waals surface area contributed by atoms with Crippen LogP contribution in [0.15, 0.2) is 20.3 Å². The maximum Gasteiger partial charge on any atom is 0.328 e. The summed E-state index contributed by atoms with van der Waals surface area (Å²) in [5.74, 6) is 0.774. The summed E-state index contributed by atoms with van der Waals surface area (Å²) in [6.07, 6.45) is 6.16. The normalized spacial score (nSPS) is 18.5. The number of aromatic nitrogens is 2. The highest BCUT2D eigenvalue weighted by atomic mass is 79.9. The molecule has 1 heterocycles. The summed E-state index contributed by atoms with van der Waals surface area (Å²) in [5.41, 5.74) is -0.617. The smallest absolute Gasteiger partial charge is 0.299 e. The Morgan fingerprint density at radius 1 is 1.41 bits per heavy atom. The van der Waals surface area contributed by atoms with Crippen LogP contribution in [0.4, 0.5) is 0 Å². The van der Waals surface area contributed by atoms with Gasteiger partial charge in [-0.15, -0.1) is 0 Å². The van der Waals surface area contributed by atoms with E-state index < -0.39 is 0 Å². The van der Waals surface area contributed by atoms with Crippen molar-refractivity contribution < 1.29 is 0 Å². The minimum Gasteiger partial charge on any atom is -0.299 e. The maximum atomic E-state index is 11.7. The van der Waals surface area contributed by atoms with Crippen LogP contribution in [-0.2, 0) is 6.54 Å². The molecule has 1 N–H and O–H groups in total. The van der Waals surface area contributed by atoms with E-state index in [1.54, 1.807) is 10.8 Å². The van der Waals surface area contributed by atoms with Gasteiger partial charge in [0.05, 0.1) is 4.47 Å². The molecule has 0 radical (unpaired) electrons. The lowest BCUT2D eigenvalue weighted by molar-refractivity contribution is 0.284. The Labute approximate surface area is 113 Å². The number of rotatable bonds is 3. The van der Waals surface area contributed by atoms with Gasteiger partial charge in [0.2, 0.25) is 0 Å². The summed E-state index contributed by atoms with van der Waals surface area (Å²) in [6.45, 7) is 0.630. The van der Waals surface area contributed by atoms with Crippen LogP contribution in [0.25, 0.3) is 0 Å². The van der Waals surface area contributed by atoms with Crippen molar-refractivity contribution >= 4 is 28.6 Å². The topological polar surface area (TPSA) is 54.9 Å². The molecule has 6 heteroatoms. The van der Waals surface area contributed by atoms with Gasteiger partial charge in [0, 0.05) is 12.7 Å². The van der Waals surface area contributed by atoms with E-state index in [2.05, 4.69) is 33.5 Å². The molecule has 1 saturated carbocycles. The fourth-order valence-corrected chi connectivity index (χ4v) is 3.22. The second kappa shape index (κ2) is 5.02. The molecule has 1 fully saturated rings. The van der Waals surface area contributed by atoms with Gasteiger partial charge < -0.3 is 0 Å². The van der Waals surface area contributed by atoms with Crippen molar-refractivity contribution in [2.24, 2.45) is 5.41 Å². The first-order valence-electron chi connectivity index (χ1n) is 5.66. The van der Waals surface area contributed by atoms with Crippen LogP contribution in [0.1, 0.15) is 25.7 Å². The van der Waals surface area contributed by atoms with Gasteiger partial charge in [0.1, 0.15) is 0 Å². The van der Waals surface area contributed by atoms with Gasteiger partial charge in [-0.1, -0.05) is 12.8 Å². The van der Waals surface area contributed by atoms with Gasteiger partial charge in [0.15, 0.2) is 0 Å². The first-order valence-corrected chi connectivity index (χ1v) is 7.09. The average Bonchev–Trinajstić information content (AvgIpc) is 2.75. The molecule has 17 heavy (non-hydrogen) atoms. The largest absolute Gasteiger partial charge is 0.328 e. The number of aromatic amines is 1. The Bertz CT molecular complexity index is 517. The van der Waals surface area contributed by atoms with E-state index >= 15 is 0 Å². The highest BCUT2D eigenvalue weighted by Crippen LogP contribution is 2.40. The molecule has 0 saturated heterocycles. The highest BCUT2D eigenvalue weighted by molar-refractivity contribution is 9.10. The standard InChI is InChI=1S/C11H15BrN2O2S/c12-8-5-14(10(16)13-9(8)15)6-11(7-17)3-1-2-4-11/h5,17H,1-4,6-7H2,(H,13,15,16). The summed E-state index contributed by atoms with van der Waals surface area (Å²) < 4.78 is 1.97. The van der Waals surface area contributed by atoms with Crippen LogP contribution in [0, 0.1) is 5.41 Å². The van der Waals surface area contributed by atoms with Gasteiger partial charge in [0.25, 0.3) is 5.56 Å². The van der Waals surface area contributed by atoms with Crippen molar-refractivity contribution in [2.75, 3.05) is 5.75 Å². The van der Waals surface area contributed by atoms with Gasteiger partial charge in [-0.05, 0) is 39.9 Å². The predicted octanol–water partition coefficient (Wildman–Crippen LogP) is 1.79. The summed E-state index contributed by atoms with van der Waals surface area (Å²) in [7, 11) is 0. The van der Waals surface area contributed by atoms with Gasteiger partial charge in [-0.25, -0.2) is 4.79 Å². The zero-order valence-corrected chi connectivity index (χ0v) is 11.9. The van der Waals surface area contributed by atoms with Crippen molar-refractivity contribution in [3.8, 4) is 0 Å². The molecule has 0 aliphatic heterocycles. The zero-order valence-electron chi connectivity index (χ0n) is 9.41. The van der Waals surface area contributed by atoms with Crippen LogP contribution in [0.5, 0.6) is 0 Å². The molecule has 1 aliphatic carbocycles. The minimum atomic E-state index is -0.377. The molecule has 1 aromatic heterocycles. The molecular formula is C11H15BrN2O2S. The third-order valence-electron chi connectivity index (χ3n) is 3.47. The Balaban J connectivity index is 2.32. The molecule has 2 rings (SSSR count). The molecule has 4 nitrogen and oxygen atoms in total. The Hall–Kier alpha value is -0.490. The lowest BCUT2D eigenvalue weighted by Crippen LogP contribution is -2.36. The number of nitrogens with zero attached hydrogens (tertiary/aromatic N) is 1. The van der Waals surface area contributed by atoms with Crippen molar-refractivity contribution in [1.82, 2.24) is 9.55 Å². The maximum absolute atomic E-state index is 11.7. The number of nitrogens with one attached hydrogen (secondary N) is 1. The fraction of sp³-hybridized carbons (Fsp3) is 0.636. The number of hydrogen-bond acceptors (Lipinski definition) is 3. The molecule has 0 atom stereocenters. The second-order valence-corrected chi connectivity index (χ2v) is 5.90. The monoisotopic (exact) mass is 318 g/mol. The third-order valence-corrected chi connectivity index (χ3v) is 4.71. The fourth-order valence-electron chi connectivity index (χ4n) is 2.45. The number of hydrogen-bond donors (Lipinski definition) is 2. The first kappa shape index (κ1) is 13.0. The van der Waals surface area contributed by atoms with E-state index in [4.69, 9.17) is 0 Å². The molecule has 0 bridgehead atoms. The summed E-state index contributed by atoms with van der Waals surface area (Å²) in [6, 6.07) is 0. The Kier molecular flexibility index (Phi) is 3.82. The van der Waals surface area contributed by atoms with Crippen LogP contribution >= 0.6 is 28.6 Å². The third kappa shape index (κ3) is 2.68.